The van der Waals surface area contributed by atoms with Crippen molar-refractivity contribution in [3.8, 4) is 21.9 Å². The lowest BCUT2D eigenvalue weighted by Gasteiger charge is -2.35. The molecule has 1 saturated heterocycles. The van der Waals surface area contributed by atoms with Crippen LogP contribution in [0.4, 0.5) is 14.5 Å². The number of nitrogens with one attached hydrogen (secondary N) is 3. The number of hydrogen-bond donors (Lipinski definition) is 4. The lowest BCUT2D eigenvalue weighted by molar-refractivity contribution is -0.145. The Kier molecular flexibility index (Phi) is 18.8. The fourth-order valence-electron chi connectivity index (χ4n) is 10.7. The SMILES string of the molecule is Cc1ncsc1-c1ccc(CNC(=O)[C@@H]2C[C@@H](O)CN2C(=O)[C@@H](NC(=O)C2(F)CC2)C(C)(C)C)c(OCCCCCCCCCCOc2ccc(NC(=O)[C@H](C)[C@H]3CC[C@@H](c4ccnc5ccc(F)cc54)CC3)cc2)c1. The Morgan fingerprint density at radius 3 is 2.21 bits per heavy atom. The Balaban J connectivity index is 0.711. The minimum Gasteiger partial charge on any atom is -0.494 e. The Hall–Kier alpha value is -6.00. The summed E-state index contributed by atoms with van der Waals surface area (Å²) in [5.74, 6) is -0.0722. The molecule has 3 aliphatic rings. The average molecular weight is 1060 g/mol. The van der Waals surface area contributed by atoms with Crippen molar-refractivity contribution in [2.75, 3.05) is 25.1 Å². The molecule has 76 heavy (non-hydrogen) atoms. The van der Waals surface area contributed by atoms with E-state index in [4.69, 9.17) is 9.47 Å². The highest BCUT2D eigenvalue weighted by Crippen LogP contribution is 2.42. The number of aryl methyl sites for hydroxylation is 1. The summed E-state index contributed by atoms with van der Waals surface area (Å²) < 4.78 is 41.1. The van der Waals surface area contributed by atoms with Crippen LogP contribution in [0.1, 0.15) is 147 Å². The first-order valence-electron chi connectivity index (χ1n) is 27.5. The summed E-state index contributed by atoms with van der Waals surface area (Å²) in [5.41, 5.74) is 4.45. The minimum atomic E-state index is -1.96. The van der Waals surface area contributed by atoms with Crippen molar-refractivity contribution in [2.45, 2.75) is 167 Å². The maximum absolute atomic E-state index is 14.7. The van der Waals surface area contributed by atoms with E-state index in [1.54, 1.807) is 44.2 Å². The number of nitrogens with zero attached hydrogens (tertiary/aromatic N) is 3. The van der Waals surface area contributed by atoms with Crippen molar-refractivity contribution in [3.05, 3.63) is 101 Å². The summed E-state index contributed by atoms with van der Waals surface area (Å²) in [6.07, 6.45) is 13.4. The van der Waals surface area contributed by atoms with Crippen molar-refractivity contribution in [1.82, 2.24) is 25.5 Å². The first kappa shape index (κ1) is 56.2. The monoisotopic (exact) mass is 1060 g/mol. The second-order valence-corrected chi connectivity index (χ2v) is 23.3. The number of ether oxygens (including phenoxy) is 2. The van der Waals surface area contributed by atoms with Gasteiger partial charge in [0.2, 0.25) is 17.7 Å². The van der Waals surface area contributed by atoms with E-state index in [2.05, 4.69) is 25.9 Å². The van der Waals surface area contributed by atoms with Crippen LogP contribution >= 0.6 is 11.3 Å². The summed E-state index contributed by atoms with van der Waals surface area (Å²) in [6.45, 7) is 10.5. The summed E-state index contributed by atoms with van der Waals surface area (Å²) in [4.78, 5) is 64.9. The number of aliphatic hydroxyl groups excluding tert-OH is 1. The normalized spacial score (nSPS) is 19.9. The molecule has 8 rings (SSSR count). The van der Waals surface area contributed by atoms with E-state index >= 15 is 0 Å². The van der Waals surface area contributed by atoms with Crippen molar-refractivity contribution in [3.63, 3.8) is 0 Å². The summed E-state index contributed by atoms with van der Waals surface area (Å²) in [5, 5.41) is 20.2. The summed E-state index contributed by atoms with van der Waals surface area (Å²) in [7, 11) is 0. The lowest BCUT2D eigenvalue weighted by atomic mass is 9.73. The smallest absolute Gasteiger partial charge is 0.258 e. The summed E-state index contributed by atoms with van der Waals surface area (Å²) >= 11 is 1.55. The van der Waals surface area contributed by atoms with Crippen LogP contribution in [0, 0.1) is 30.0 Å². The fourth-order valence-corrected chi connectivity index (χ4v) is 11.5. The number of alkyl halides is 1. The number of halogens is 2. The second-order valence-electron chi connectivity index (χ2n) is 22.4. The van der Waals surface area contributed by atoms with E-state index in [1.807, 2.05) is 74.1 Å². The highest BCUT2D eigenvalue weighted by Gasteiger charge is 2.53. The molecule has 0 bridgehead atoms. The van der Waals surface area contributed by atoms with Crippen molar-refractivity contribution >= 4 is 51.6 Å². The zero-order valence-corrected chi connectivity index (χ0v) is 45.6. The van der Waals surface area contributed by atoms with Gasteiger partial charge in [-0.3, -0.25) is 24.2 Å². The van der Waals surface area contributed by atoms with Gasteiger partial charge in [0.25, 0.3) is 5.91 Å². The Morgan fingerprint density at radius 2 is 1.55 bits per heavy atom. The van der Waals surface area contributed by atoms with Gasteiger partial charge >= 0.3 is 0 Å². The predicted molar refractivity (Wildman–Crippen MR) is 293 cm³/mol. The van der Waals surface area contributed by atoms with Crippen LogP contribution in [0.15, 0.2) is 78.4 Å². The minimum absolute atomic E-state index is 0.0260. The molecule has 1 aliphatic heterocycles. The molecule has 13 nitrogen and oxygen atoms in total. The number of unbranched alkanes of at least 4 members (excludes halogenated alkanes) is 7. The molecule has 3 aromatic carbocycles. The third-order valence-electron chi connectivity index (χ3n) is 15.6. The maximum atomic E-state index is 14.7. The number of anilines is 1. The van der Waals surface area contributed by atoms with Gasteiger partial charge < -0.3 is 35.4 Å². The first-order chi connectivity index (χ1) is 36.5. The molecule has 5 aromatic rings. The first-order valence-corrected chi connectivity index (χ1v) is 28.4. The van der Waals surface area contributed by atoms with Crippen LogP contribution < -0.4 is 25.4 Å². The van der Waals surface area contributed by atoms with Gasteiger partial charge in [-0.05, 0) is 141 Å². The molecule has 2 aliphatic carbocycles. The number of hydrogen-bond acceptors (Lipinski definition) is 10. The highest BCUT2D eigenvalue weighted by atomic mass is 32.1. The van der Waals surface area contributed by atoms with Crippen LogP contribution in [-0.4, -0.2) is 87.2 Å². The van der Waals surface area contributed by atoms with Crippen molar-refractivity contribution in [1.29, 1.82) is 0 Å². The van der Waals surface area contributed by atoms with E-state index in [-0.39, 0.29) is 50.0 Å². The van der Waals surface area contributed by atoms with Gasteiger partial charge in [-0.1, -0.05) is 78.4 Å². The Morgan fingerprint density at radius 1 is 0.868 bits per heavy atom. The maximum Gasteiger partial charge on any atom is 0.258 e. The number of thiazole rings is 1. The van der Waals surface area contributed by atoms with E-state index < -0.39 is 47.0 Å². The van der Waals surface area contributed by atoms with Gasteiger partial charge in [-0.2, -0.15) is 0 Å². The molecule has 0 radical (unpaired) electrons. The third kappa shape index (κ3) is 14.5. The molecule has 16 heteroatoms. The molecular formula is C60H76F2N6O7S. The molecule has 2 aromatic heterocycles. The Bertz CT molecular complexity index is 2790. The van der Waals surface area contributed by atoms with E-state index in [9.17, 15) is 33.1 Å². The quantitative estimate of drug-likeness (QED) is 0.0439. The number of amides is 4. The zero-order valence-electron chi connectivity index (χ0n) is 44.8. The van der Waals surface area contributed by atoms with Crippen LogP contribution in [0.2, 0.25) is 0 Å². The molecule has 2 saturated carbocycles. The number of fused-ring (bicyclic) bond motifs is 1. The van der Waals surface area contributed by atoms with Gasteiger partial charge in [0, 0.05) is 48.3 Å². The number of benzene rings is 3. The lowest BCUT2D eigenvalue weighted by Crippen LogP contribution is -2.59. The molecule has 4 atom stereocenters. The highest BCUT2D eigenvalue weighted by molar-refractivity contribution is 7.13. The van der Waals surface area contributed by atoms with Crippen molar-refractivity contribution < 1.29 is 42.5 Å². The topological polar surface area (TPSA) is 172 Å². The molecule has 0 unspecified atom stereocenters. The molecule has 3 heterocycles. The number of aliphatic hydroxyl groups is 1. The molecule has 0 spiro atoms. The van der Waals surface area contributed by atoms with Crippen LogP contribution in [-0.2, 0) is 25.7 Å². The number of carbonyl (C=O) groups is 4. The van der Waals surface area contributed by atoms with Gasteiger partial charge in [0.15, 0.2) is 5.67 Å². The Labute approximate surface area is 450 Å². The number of β-amino-alcohol motifs (C(OH)–C–C–N with tert-alkyl or cyclic N) is 1. The van der Waals surface area contributed by atoms with Gasteiger partial charge in [-0.25, -0.2) is 13.8 Å². The second kappa shape index (κ2) is 25.4. The largest absolute Gasteiger partial charge is 0.494 e. The van der Waals surface area contributed by atoms with Crippen LogP contribution in [0.5, 0.6) is 11.5 Å². The molecule has 408 valence electrons. The van der Waals surface area contributed by atoms with Crippen molar-refractivity contribution in [2.24, 2.45) is 17.3 Å². The van der Waals surface area contributed by atoms with Gasteiger partial charge in [0.1, 0.15) is 29.4 Å². The fraction of sp³-hybridized carbons (Fsp3) is 0.533. The summed E-state index contributed by atoms with van der Waals surface area (Å²) in [6, 6.07) is 18.3. The molecule has 3 fully saturated rings. The van der Waals surface area contributed by atoms with Crippen LogP contribution in [0.3, 0.4) is 0 Å². The zero-order chi connectivity index (χ0) is 54.0. The van der Waals surface area contributed by atoms with E-state index in [1.165, 1.54) is 11.0 Å². The van der Waals surface area contributed by atoms with E-state index in [0.29, 0.717) is 30.8 Å². The third-order valence-corrected chi connectivity index (χ3v) is 16.6. The molecule has 4 amide bonds. The molecule has 4 N–H and O–H groups in total. The van der Waals surface area contributed by atoms with Crippen LogP contribution in [0.25, 0.3) is 21.3 Å². The van der Waals surface area contributed by atoms with Gasteiger partial charge in [0.05, 0.1) is 40.9 Å². The van der Waals surface area contributed by atoms with Gasteiger partial charge in [-0.15, -0.1) is 11.3 Å². The average Bonchev–Trinajstić information content (AvgIpc) is 3.85. The number of aromatic nitrogens is 2. The molecular weight excluding hydrogens is 987 g/mol. The number of rotatable bonds is 24. The standard InChI is InChI=1S/C60H76F2N6O7S/c1-38(40-14-16-41(17-15-40)48-26-29-63-50-25-20-44(61)33-49(48)50)55(70)66-45-21-23-47(24-22-45)74-30-12-10-8-6-7-9-11-13-31-75-52-32-42(53-39(2)65-37-76-53)18-19-43(52)35-64-56(71)51-34-46(69)36-68(51)57(72)54(59(3,4)5)67-58(73)60(62)27-28-60/h18-26,29,32-33,37-38,40-41,46,51,54,69H,6-17,27-28,30-31,34-36H2,1-5H3,(H,64,71)(H,66,70)(H,67,73)/t38-,40-,41+,46-,51+,54-/m1/s1. The number of pyridine rings is 1. The number of likely N-dealkylation sites (tertiary alicyclic amines) is 1. The van der Waals surface area contributed by atoms with E-state index in [0.717, 1.165) is 127 Å². The number of carbonyl (C=O) groups excluding carboxylic acids is 4. The predicted octanol–water partition coefficient (Wildman–Crippen LogP) is 11.5.